The van der Waals surface area contributed by atoms with Crippen molar-refractivity contribution in [2.45, 2.75) is 32.1 Å². The molecule has 0 heterocycles. The van der Waals surface area contributed by atoms with Gasteiger partial charge in [0.1, 0.15) is 5.78 Å². The molecule has 4 bridgehead atoms. The molecule has 0 saturated heterocycles. The summed E-state index contributed by atoms with van der Waals surface area (Å²) in [6.45, 7) is 0. The highest BCUT2D eigenvalue weighted by Crippen LogP contribution is 2.59. The Hall–Kier alpha value is -2.57. The fourth-order valence-corrected chi connectivity index (χ4v) is 5.41. The van der Waals surface area contributed by atoms with Gasteiger partial charge in [0.05, 0.1) is 32.3 Å². The Morgan fingerprint density at radius 1 is 0.964 bits per heavy atom. The molecule has 0 spiro atoms. The zero-order valence-corrected chi connectivity index (χ0v) is 16.3. The Bertz CT molecular complexity index is 800. The number of benzene rings is 1. The highest BCUT2D eigenvalue weighted by molar-refractivity contribution is 5.92. The first-order valence-corrected chi connectivity index (χ1v) is 9.51. The van der Waals surface area contributed by atoms with Crippen LogP contribution in [0.4, 0.5) is 0 Å². The van der Waals surface area contributed by atoms with Crippen LogP contribution in [-0.4, -0.2) is 39.1 Å². The molecule has 4 aliphatic carbocycles. The largest absolute Gasteiger partial charge is 0.493 e. The minimum absolute atomic E-state index is 0.0238. The first kappa shape index (κ1) is 18.8. The number of rotatable bonds is 5. The van der Waals surface area contributed by atoms with Crippen LogP contribution in [0.3, 0.4) is 0 Å². The van der Waals surface area contributed by atoms with Crippen molar-refractivity contribution in [3.8, 4) is 17.2 Å². The van der Waals surface area contributed by atoms with Crippen LogP contribution in [-0.2, 0) is 14.3 Å². The SMILES string of the molecule is COC(=O)c1cc(OC)c(OC(=O)C23CC4CC(C2)C(=O)C(C4)C3)c(OC)c1. The van der Waals surface area contributed by atoms with Crippen LogP contribution in [0.5, 0.6) is 17.2 Å². The maximum absolute atomic E-state index is 13.2. The molecular formula is C21H24O7. The summed E-state index contributed by atoms with van der Waals surface area (Å²) < 4.78 is 21.2. The van der Waals surface area contributed by atoms with E-state index < -0.39 is 11.4 Å². The van der Waals surface area contributed by atoms with Gasteiger partial charge in [0.25, 0.3) is 0 Å². The van der Waals surface area contributed by atoms with Crippen LogP contribution in [0, 0.1) is 23.2 Å². The van der Waals surface area contributed by atoms with Gasteiger partial charge in [-0.2, -0.15) is 0 Å². The van der Waals surface area contributed by atoms with Gasteiger partial charge in [-0.15, -0.1) is 0 Å². The summed E-state index contributed by atoms with van der Waals surface area (Å²) in [5.74, 6) is 0.363. The molecule has 4 aliphatic rings. The number of Topliss-reactive ketones (excluding diaryl/α,β-unsaturated/α-hetero) is 1. The summed E-state index contributed by atoms with van der Waals surface area (Å²) in [4.78, 5) is 37.5. The van der Waals surface area contributed by atoms with Crippen LogP contribution in [0.1, 0.15) is 42.5 Å². The highest BCUT2D eigenvalue weighted by atomic mass is 16.6. The summed E-state index contributed by atoms with van der Waals surface area (Å²) in [7, 11) is 4.14. The maximum Gasteiger partial charge on any atom is 0.338 e. The van der Waals surface area contributed by atoms with Crippen molar-refractivity contribution in [3.63, 3.8) is 0 Å². The minimum atomic E-state index is -0.624. The van der Waals surface area contributed by atoms with Gasteiger partial charge in [0.2, 0.25) is 5.75 Å². The van der Waals surface area contributed by atoms with Gasteiger partial charge in [0.15, 0.2) is 11.5 Å². The Morgan fingerprint density at radius 2 is 1.54 bits per heavy atom. The number of carbonyl (C=O) groups excluding carboxylic acids is 3. The molecule has 4 saturated carbocycles. The number of hydrogen-bond donors (Lipinski definition) is 0. The lowest BCUT2D eigenvalue weighted by molar-refractivity contribution is -0.167. The number of ketones is 1. The average Bonchev–Trinajstić information content (AvgIpc) is 2.70. The fourth-order valence-electron chi connectivity index (χ4n) is 5.41. The van der Waals surface area contributed by atoms with Crippen molar-refractivity contribution in [1.82, 2.24) is 0 Å². The second-order valence-corrected chi connectivity index (χ2v) is 8.12. The summed E-state index contributed by atoms with van der Waals surface area (Å²) in [6.07, 6.45) is 3.66. The maximum atomic E-state index is 13.2. The van der Waals surface area contributed by atoms with E-state index in [0.717, 1.165) is 19.3 Å². The number of hydrogen-bond acceptors (Lipinski definition) is 7. The van der Waals surface area contributed by atoms with E-state index in [9.17, 15) is 14.4 Å². The van der Waals surface area contributed by atoms with Crippen molar-refractivity contribution in [1.29, 1.82) is 0 Å². The van der Waals surface area contributed by atoms with E-state index in [1.54, 1.807) is 0 Å². The molecule has 7 heteroatoms. The molecule has 0 N–H and O–H groups in total. The molecule has 2 unspecified atom stereocenters. The fraction of sp³-hybridized carbons (Fsp3) is 0.571. The van der Waals surface area contributed by atoms with Crippen molar-refractivity contribution in [2.75, 3.05) is 21.3 Å². The molecule has 0 aliphatic heterocycles. The van der Waals surface area contributed by atoms with E-state index in [1.165, 1.54) is 33.5 Å². The van der Waals surface area contributed by atoms with Gasteiger partial charge >= 0.3 is 11.9 Å². The van der Waals surface area contributed by atoms with Gasteiger partial charge in [0, 0.05) is 11.8 Å². The molecule has 0 radical (unpaired) electrons. The summed E-state index contributed by atoms with van der Waals surface area (Å²) >= 11 is 0. The second-order valence-electron chi connectivity index (χ2n) is 8.12. The lowest BCUT2D eigenvalue weighted by atomic mass is 9.49. The normalized spacial score (nSPS) is 30.1. The first-order chi connectivity index (χ1) is 13.4. The van der Waals surface area contributed by atoms with E-state index >= 15 is 0 Å². The van der Waals surface area contributed by atoms with E-state index in [0.29, 0.717) is 24.5 Å². The zero-order chi connectivity index (χ0) is 20.1. The molecular weight excluding hydrogens is 364 g/mol. The molecule has 2 atom stereocenters. The molecule has 1 aromatic carbocycles. The molecule has 0 aromatic heterocycles. The van der Waals surface area contributed by atoms with E-state index in [1.807, 2.05) is 0 Å². The number of esters is 2. The smallest absolute Gasteiger partial charge is 0.338 e. The van der Waals surface area contributed by atoms with Gasteiger partial charge in [-0.25, -0.2) is 4.79 Å². The summed E-state index contributed by atoms with van der Waals surface area (Å²) in [5, 5.41) is 0. The van der Waals surface area contributed by atoms with Gasteiger partial charge in [-0.1, -0.05) is 0 Å². The molecule has 0 amide bonds. The Morgan fingerprint density at radius 3 is 2.04 bits per heavy atom. The molecule has 4 fully saturated rings. The third-order valence-electron chi connectivity index (χ3n) is 6.50. The first-order valence-electron chi connectivity index (χ1n) is 9.51. The van der Waals surface area contributed by atoms with E-state index in [2.05, 4.69) is 0 Å². The van der Waals surface area contributed by atoms with Crippen LogP contribution in [0.15, 0.2) is 12.1 Å². The van der Waals surface area contributed by atoms with Gasteiger partial charge in [-0.05, 0) is 50.2 Å². The lowest BCUT2D eigenvalue weighted by Crippen LogP contribution is -2.55. The van der Waals surface area contributed by atoms with Crippen LogP contribution < -0.4 is 14.2 Å². The average molecular weight is 388 g/mol. The monoisotopic (exact) mass is 388 g/mol. The number of methoxy groups -OCH3 is 3. The van der Waals surface area contributed by atoms with Gasteiger partial charge in [-0.3, -0.25) is 9.59 Å². The van der Waals surface area contributed by atoms with Crippen LogP contribution >= 0.6 is 0 Å². The summed E-state index contributed by atoms with van der Waals surface area (Å²) in [5.41, 5.74) is -0.391. The Labute approximate surface area is 163 Å². The van der Waals surface area contributed by atoms with Crippen molar-refractivity contribution >= 4 is 17.7 Å². The zero-order valence-electron chi connectivity index (χ0n) is 16.3. The standard InChI is InChI=1S/C21H24O7/c1-25-15-6-12(19(23)27-3)7-16(26-2)18(15)28-20(24)21-8-11-4-13(9-21)17(22)14(5-11)10-21/h6-7,11,13-14H,4-5,8-10H2,1-3H3. The minimum Gasteiger partial charge on any atom is -0.493 e. The second kappa shape index (κ2) is 6.79. The number of ether oxygens (including phenoxy) is 4. The quantitative estimate of drug-likeness (QED) is 0.566. The van der Waals surface area contributed by atoms with E-state index in [4.69, 9.17) is 18.9 Å². The lowest BCUT2D eigenvalue weighted by Gasteiger charge is -2.53. The predicted molar refractivity (Wildman–Crippen MR) is 97.5 cm³/mol. The predicted octanol–water partition coefficient (Wildman–Crippen LogP) is 2.79. The Kier molecular flexibility index (Phi) is 4.56. The molecule has 28 heavy (non-hydrogen) atoms. The highest BCUT2D eigenvalue weighted by Gasteiger charge is 2.59. The van der Waals surface area contributed by atoms with E-state index in [-0.39, 0.29) is 40.6 Å². The topological polar surface area (TPSA) is 88.1 Å². The third-order valence-corrected chi connectivity index (χ3v) is 6.50. The van der Waals surface area contributed by atoms with Gasteiger partial charge < -0.3 is 18.9 Å². The van der Waals surface area contributed by atoms with Crippen LogP contribution in [0.25, 0.3) is 0 Å². The number of carbonyl (C=O) groups is 3. The van der Waals surface area contributed by atoms with Crippen LogP contribution in [0.2, 0.25) is 0 Å². The summed E-state index contributed by atoms with van der Waals surface area (Å²) in [6, 6.07) is 2.92. The van der Waals surface area contributed by atoms with Crippen molar-refractivity contribution in [2.24, 2.45) is 23.2 Å². The van der Waals surface area contributed by atoms with Crippen molar-refractivity contribution in [3.05, 3.63) is 17.7 Å². The Balaban J connectivity index is 1.65. The molecule has 1 aromatic rings. The van der Waals surface area contributed by atoms with Crippen molar-refractivity contribution < 1.29 is 33.3 Å². The molecule has 150 valence electrons. The third kappa shape index (κ3) is 2.84. The molecule has 5 rings (SSSR count). The molecule has 7 nitrogen and oxygen atoms in total.